The number of benzene rings is 1. The highest BCUT2D eigenvalue weighted by molar-refractivity contribution is 5.94. The molecule has 0 aliphatic heterocycles. The SMILES string of the molecule is CCCOc1ccc(C(=O)NCCOC)cc1OC. The number of hydrogen-bond donors (Lipinski definition) is 1. The summed E-state index contributed by atoms with van der Waals surface area (Å²) in [7, 11) is 3.15. The van der Waals surface area contributed by atoms with Crippen molar-refractivity contribution in [2.24, 2.45) is 0 Å². The molecule has 0 spiro atoms. The van der Waals surface area contributed by atoms with E-state index in [2.05, 4.69) is 5.32 Å². The highest BCUT2D eigenvalue weighted by Gasteiger charge is 2.10. The van der Waals surface area contributed by atoms with Gasteiger partial charge in [-0.3, -0.25) is 4.79 Å². The molecule has 0 saturated carbocycles. The molecular weight excluding hydrogens is 246 g/mol. The first kappa shape index (κ1) is 15.3. The largest absolute Gasteiger partial charge is 0.493 e. The lowest BCUT2D eigenvalue weighted by atomic mass is 10.2. The lowest BCUT2D eigenvalue weighted by molar-refractivity contribution is 0.0936. The minimum Gasteiger partial charge on any atom is -0.493 e. The molecule has 0 fully saturated rings. The summed E-state index contributed by atoms with van der Waals surface area (Å²) in [5, 5.41) is 2.75. The van der Waals surface area contributed by atoms with Crippen LogP contribution in [-0.4, -0.2) is 39.9 Å². The smallest absolute Gasteiger partial charge is 0.251 e. The molecule has 0 atom stereocenters. The van der Waals surface area contributed by atoms with E-state index in [-0.39, 0.29) is 5.91 Å². The Morgan fingerprint density at radius 3 is 2.63 bits per heavy atom. The van der Waals surface area contributed by atoms with Gasteiger partial charge in [-0.1, -0.05) is 6.92 Å². The normalized spacial score (nSPS) is 10.1. The standard InChI is InChI=1S/C14H21NO4/c1-4-8-19-12-6-5-11(10-13(12)18-3)14(16)15-7-9-17-2/h5-6,10H,4,7-9H2,1-3H3,(H,15,16). The fourth-order valence-corrected chi connectivity index (χ4v) is 1.51. The topological polar surface area (TPSA) is 56.8 Å². The number of ether oxygens (including phenoxy) is 3. The predicted octanol–water partition coefficient (Wildman–Crippen LogP) is 1.86. The molecule has 106 valence electrons. The minimum absolute atomic E-state index is 0.155. The highest BCUT2D eigenvalue weighted by Crippen LogP contribution is 2.28. The fourth-order valence-electron chi connectivity index (χ4n) is 1.51. The molecule has 0 bridgehead atoms. The van der Waals surface area contributed by atoms with Crippen LogP contribution in [0.3, 0.4) is 0 Å². The zero-order valence-corrected chi connectivity index (χ0v) is 11.7. The number of hydrogen-bond acceptors (Lipinski definition) is 4. The third-order valence-electron chi connectivity index (χ3n) is 2.48. The Balaban J connectivity index is 2.72. The molecule has 0 radical (unpaired) electrons. The van der Waals surface area contributed by atoms with Crippen molar-refractivity contribution in [2.75, 3.05) is 34.0 Å². The van der Waals surface area contributed by atoms with E-state index in [1.165, 1.54) is 0 Å². The maximum absolute atomic E-state index is 11.8. The first-order valence-corrected chi connectivity index (χ1v) is 6.30. The first-order chi connectivity index (χ1) is 9.22. The second-order valence-electron chi connectivity index (χ2n) is 3.96. The van der Waals surface area contributed by atoms with Crippen LogP contribution in [0.5, 0.6) is 11.5 Å². The van der Waals surface area contributed by atoms with Crippen LogP contribution in [0.1, 0.15) is 23.7 Å². The Kier molecular flexibility index (Phi) is 6.74. The van der Waals surface area contributed by atoms with E-state index in [0.717, 1.165) is 6.42 Å². The van der Waals surface area contributed by atoms with Crippen molar-refractivity contribution >= 4 is 5.91 Å². The van der Waals surface area contributed by atoms with Crippen LogP contribution in [0, 0.1) is 0 Å². The monoisotopic (exact) mass is 267 g/mol. The van der Waals surface area contributed by atoms with Gasteiger partial charge in [0.05, 0.1) is 20.3 Å². The van der Waals surface area contributed by atoms with Gasteiger partial charge in [-0.05, 0) is 24.6 Å². The molecular formula is C14H21NO4. The van der Waals surface area contributed by atoms with Crippen molar-refractivity contribution in [1.29, 1.82) is 0 Å². The summed E-state index contributed by atoms with van der Waals surface area (Å²) in [5.41, 5.74) is 0.539. The molecule has 0 aliphatic rings. The molecule has 1 aromatic rings. The number of rotatable bonds is 8. The molecule has 0 saturated heterocycles. The maximum Gasteiger partial charge on any atom is 0.251 e. The van der Waals surface area contributed by atoms with Gasteiger partial charge < -0.3 is 19.5 Å². The van der Waals surface area contributed by atoms with Crippen LogP contribution in [-0.2, 0) is 4.74 Å². The third kappa shape index (κ3) is 4.79. The summed E-state index contributed by atoms with van der Waals surface area (Å²) in [4.78, 5) is 11.8. The zero-order chi connectivity index (χ0) is 14.1. The Bertz CT molecular complexity index is 406. The maximum atomic E-state index is 11.8. The number of carbonyl (C=O) groups is 1. The molecule has 0 unspecified atom stereocenters. The van der Waals surface area contributed by atoms with E-state index in [0.29, 0.717) is 36.8 Å². The van der Waals surface area contributed by atoms with Gasteiger partial charge in [0.1, 0.15) is 0 Å². The molecule has 19 heavy (non-hydrogen) atoms. The predicted molar refractivity (Wildman–Crippen MR) is 73.0 cm³/mol. The van der Waals surface area contributed by atoms with Gasteiger partial charge in [-0.25, -0.2) is 0 Å². The Labute approximate surface area is 113 Å². The summed E-state index contributed by atoms with van der Waals surface area (Å²) in [6.45, 7) is 3.62. The zero-order valence-electron chi connectivity index (χ0n) is 11.7. The summed E-state index contributed by atoms with van der Waals surface area (Å²) in [6.07, 6.45) is 0.919. The Morgan fingerprint density at radius 2 is 2.00 bits per heavy atom. The molecule has 0 heterocycles. The molecule has 1 aromatic carbocycles. The second-order valence-corrected chi connectivity index (χ2v) is 3.96. The van der Waals surface area contributed by atoms with Crippen molar-refractivity contribution in [1.82, 2.24) is 5.32 Å². The van der Waals surface area contributed by atoms with Crippen LogP contribution in [0.25, 0.3) is 0 Å². The molecule has 0 aliphatic carbocycles. The van der Waals surface area contributed by atoms with Gasteiger partial charge in [0.15, 0.2) is 11.5 Å². The van der Waals surface area contributed by atoms with E-state index >= 15 is 0 Å². The van der Waals surface area contributed by atoms with E-state index in [1.807, 2.05) is 6.92 Å². The van der Waals surface area contributed by atoms with Crippen molar-refractivity contribution < 1.29 is 19.0 Å². The average molecular weight is 267 g/mol. The molecule has 5 nitrogen and oxygen atoms in total. The molecule has 1 amide bonds. The van der Waals surface area contributed by atoms with Crippen LogP contribution in [0.4, 0.5) is 0 Å². The molecule has 1 rings (SSSR count). The summed E-state index contributed by atoms with van der Waals surface area (Å²) in [5.74, 6) is 1.06. The van der Waals surface area contributed by atoms with Gasteiger partial charge in [-0.15, -0.1) is 0 Å². The van der Waals surface area contributed by atoms with Crippen molar-refractivity contribution in [3.63, 3.8) is 0 Å². The van der Waals surface area contributed by atoms with E-state index in [4.69, 9.17) is 14.2 Å². The molecule has 0 aromatic heterocycles. The van der Waals surface area contributed by atoms with Gasteiger partial charge in [-0.2, -0.15) is 0 Å². The Hall–Kier alpha value is -1.75. The van der Waals surface area contributed by atoms with E-state index < -0.39 is 0 Å². The summed E-state index contributed by atoms with van der Waals surface area (Å²) < 4.78 is 15.6. The van der Waals surface area contributed by atoms with Gasteiger partial charge in [0.25, 0.3) is 5.91 Å². The van der Waals surface area contributed by atoms with Gasteiger partial charge in [0, 0.05) is 19.2 Å². The molecule has 1 N–H and O–H groups in total. The fraction of sp³-hybridized carbons (Fsp3) is 0.500. The van der Waals surface area contributed by atoms with Gasteiger partial charge >= 0.3 is 0 Å². The lowest BCUT2D eigenvalue weighted by Gasteiger charge is -2.11. The number of nitrogens with one attached hydrogen (secondary N) is 1. The summed E-state index contributed by atoms with van der Waals surface area (Å²) in [6, 6.07) is 5.14. The number of carbonyl (C=O) groups excluding carboxylic acids is 1. The highest BCUT2D eigenvalue weighted by atomic mass is 16.5. The second kappa shape index (κ2) is 8.37. The number of methoxy groups -OCH3 is 2. The van der Waals surface area contributed by atoms with Crippen molar-refractivity contribution in [2.45, 2.75) is 13.3 Å². The van der Waals surface area contributed by atoms with Crippen LogP contribution < -0.4 is 14.8 Å². The quantitative estimate of drug-likeness (QED) is 0.730. The number of amides is 1. The van der Waals surface area contributed by atoms with Crippen LogP contribution in [0.15, 0.2) is 18.2 Å². The van der Waals surface area contributed by atoms with Crippen LogP contribution >= 0.6 is 0 Å². The Morgan fingerprint density at radius 1 is 1.21 bits per heavy atom. The first-order valence-electron chi connectivity index (χ1n) is 6.30. The lowest BCUT2D eigenvalue weighted by Crippen LogP contribution is -2.26. The average Bonchev–Trinajstić information content (AvgIpc) is 2.45. The van der Waals surface area contributed by atoms with Crippen LogP contribution in [0.2, 0.25) is 0 Å². The van der Waals surface area contributed by atoms with Crippen molar-refractivity contribution in [3.05, 3.63) is 23.8 Å². The van der Waals surface area contributed by atoms with Gasteiger partial charge in [0.2, 0.25) is 0 Å². The van der Waals surface area contributed by atoms with Crippen molar-refractivity contribution in [3.8, 4) is 11.5 Å². The third-order valence-corrected chi connectivity index (χ3v) is 2.48. The minimum atomic E-state index is -0.155. The van der Waals surface area contributed by atoms with E-state index in [9.17, 15) is 4.79 Å². The van der Waals surface area contributed by atoms with E-state index in [1.54, 1.807) is 32.4 Å². The molecule has 5 heteroatoms. The summed E-state index contributed by atoms with van der Waals surface area (Å²) >= 11 is 0.